The Bertz CT molecular complexity index is 2350. The Morgan fingerprint density at radius 3 is 1.18 bits per heavy atom. The molecule has 0 fully saturated rings. The second-order valence-corrected chi connectivity index (χ2v) is 15.1. The molecule has 0 saturated carbocycles. The Labute approximate surface area is 271 Å². The van der Waals surface area contributed by atoms with Crippen LogP contribution in [0.25, 0.3) is 50.8 Å². The summed E-state index contributed by atoms with van der Waals surface area (Å²) in [5.41, 5.74) is 5.59. The lowest BCUT2D eigenvalue weighted by Crippen LogP contribution is -2.23. The molecule has 3 aromatic heterocycles. The molecule has 2 aliphatic rings. The van der Waals surface area contributed by atoms with Crippen LogP contribution in [0.5, 0.6) is 0 Å². The molecule has 2 aliphatic carbocycles. The molecular weight excluding hydrogens is 613 g/mol. The van der Waals surface area contributed by atoms with Gasteiger partial charge in [-0.25, -0.2) is 0 Å². The highest BCUT2D eigenvalue weighted by Gasteiger charge is 2.50. The van der Waals surface area contributed by atoms with Gasteiger partial charge < -0.3 is 0 Å². The summed E-state index contributed by atoms with van der Waals surface area (Å²) in [4.78, 5) is 4.95. The van der Waals surface area contributed by atoms with Crippen molar-refractivity contribution in [2.45, 2.75) is 38.5 Å². The monoisotopic (exact) mass is 630 g/mol. The second kappa shape index (κ2) is 9.49. The first-order valence-electron chi connectivity index (χ1n) is 13.8. The van der Waals surface area contributed by atoms with Crippen LogP contribution in [0.15, 0.2) is 47.5 Å². The molecule has 3 heterocycles. The van der Waals surface area contributed by atoms with Crippen molar-refractivity contribution in [1.82, 2.24) is 0 Å². The number of benzene rings is 2. The van der Waals surface area contributed by atoms with Crippen molar-refractivity contribution in [3.63, 3.8) is 0 Å². The van der Waals surface area contributed by atoms with Crippen molar-refractivity contribution in [3.8, 4) is 55.9 Å². The van der Waals surface area contributed by atoms with E-state index in [2.05, 4.69) is 27.7 Å². The standard InChI is InChI=1S/C36H18N6S3/c1-35(2)27-21-7-5-17(23(15-41)19(11-37)12-38)9-25(21)43-31(27)33-29(35)30-34(45-33)32-28(36(30,3)4)22-8-6-18(10-26(22)44-32)24(16-42)20(13-39)14-40/h5-10H,1-4H3. The first kappa shape index (κ1) is 28.3. The highest BCUT2D eigenvalue weighted by Crippen LogP contribution is 2.67. The van der Waals surface area contributed by atoms with E-state index in [0.29, 0.717) is 11.1 Å². The van der Waals surface area contributed by atoms with Crippen molar-refractivity contribution in [1.29, 1.82) is 31.6 Å². The highest BCUT2D eigenvalue weighted by molar-refractivity contribution is 7.30. The number of thiophene rings is 3. The molecule has 0 unspecified atom stereocenters. The van der Waals surface area contributed by atoms with Crippen molar-refractivity contribution < 1.29 is 0 Å². The quantitative estimate of drug-likeness (QED) is 0.178. The first-order valence-corrected chi connectivity index (χ1v) is 16.2. The van der Waals surface area contributed by atoms with E-state index in [4.69, 9.17) is 0 Å². The predicted octanol–water partition coefficient (Wildman–Crippen LogP) is 9.44. The Morgan fingerprint density at radius 2 is 0.844 bits per heavy atom. The van der Waals surface area contributed by atoms with Crippen LogP contribution in [-0.4, -0.2) is 0 Å². The maximum Gasteiger partial charge on any atom is 0.148 e. The van der Waals surface area contributed by atoms with Crippen molar-refractivity contribution in [2.75, 3.05) is 0 Å². The largest absolute Gasteiger partial charge is 0.192 e. The fraction of sp³-hybridized carbons (Fsp3) is 0.167. The van der Waals surface area contributed by atoms with Gasteiger partial charge in [-0.2, -0.15) is 31.6 Å². The lowest BCUT2D eigenvalue weighted by atomic mass is 9.73. The van der Waals surface area contributed by atoms with Gasteiger partial charge in [0.25, 0.3) is 0 Å². The topological polar surface area (TPSA) is 143 Å². The van der Waals surface area contributed by atoms with Gasteiger partial charge in [0.2, 0.25) is 0 Å². The summed E-state index contributed by atoms with van der Waals surface area (Å²) < 4.78 is 2.02. The van der Waals surface area contributed by atoms with Crippen LogP contribution in [0.1, 0.15) is 61.1 Å². The number of allylic oxidation sites excluding steroid dienone is 4. The molecule has 0 spiro atoms. The number of hydrogen-bond donors (Lipinski definition) is 0. The lowest BCUT2D eigenvalue weighted by molar-refractivity contribution is 0.609. The van der Waals surface area contributed by atoms with Gasteiger partial charge in [0.1, 0.15) is 47.6 Å². The summed E-state index contributed by atoms with van der Waals surface area (Å²) in [5, 5.41) is 59.1. The fourth-order valence-electron chi connectivity index (χ4n) is 7.06. The van der Waals surface area contributed by atoms with Gasteiger partial charge in [0.05, 0.1) is 11.1 Å². The number of nitriles is 6. The zero-order chi connectivity index (χ0) is 32.0. The Balaban J connectivity index is 1.43. The fourth-order valence-corrected chi connectivity index (χ4v) is 11.8. The van der Waals surface area contributed by atoms with E-state index in [1.54, 1.807) is 22.7 Å². The summed E-state index contributed by atoms with van der Waals surface area (Å²) in [6, 6.07) is 23.0. The third kappa shape index (κ3) is 3.53. The number of hydrogen-bond acceptors (Lipinski definition) is 9. The Kier molecular flexibility index (Phi) is 5.96. The lowest BCUT2D eigenvalue weighted by Gasteiger charge is -2.29. The van der Waals surface area contributed by atoms with Gasteiger partial charge in [-0.1, -0.05) is 52.0 Å². The molecule has 0 bridgehead atoms. The summed E-state index contributed by atoms with van der Waals surface area (Å²) in [6.07, 6.45) is 0. The molecular formula is C36H18N6S3. The Hall–Kier alpha value is -5.52. The van der Waals surface area contributed by atoms with Gasteiger partial charge in [-0.05, 0) is 56.3 Å². The van der Waals surface area contributed by atoms with Gasteiger partial charge in [0, 0.05) is 39.7 Å². The number of nitrogens with zero attached hydrogens (tertiary/aromatic N) is 6. The van der Waals surface area contributed by atoms with E-state index in [-0.39, 0.29) is 33.1 Å². The van der Waals surface area contributed by atoms with E-state index in [9.17, 15) is 31.6 Å². The summed E-state index contributed by atoms with van der Waals surface area (Å²) in [5.74, 6) is 0. The van der Waals surface area contributed by atoms with Gasteiger partial charge in [0.15, 0.2) is 0 Å². The average Bonchev–Trinajstić information content (AvgIpc) is 3.79. The van der Waals surface area contributed by atoms with E-state index < -0.39 is 0 Å². The third-order valence-corrected chi connectivity index (χ3v) is 12.8. The minimum atomic E-state index is -0.279. The number of fused-ring (bicyclic) bond motifs is 11. The summed E-state index contributed by atoms with van der Waals surface area (Å²) >= 11 is 5.18. The van der Waals surface area contributed by atoms with E-state index >= 15 is 0 Å². The SMILES string of the molecule is CC1(C)c2c(sc3c2C(C)(C)c2c-3sc3cc(C(C#N)=C(C#N)C#N)ccc23)-c2sc3cc(C(C#N)=C(C#N)C#N)ccc3c21. The van der Waals surface area contributed by atoms with Crippen molar-refractivity contribution >= 4 is 65.3 Å². The molecule has 0 amide bonds. The molecule has 0 N–H and O–H groups in total. The molecule has 45 heavy (non-hydrogen) atoms. The predicted molar refractivity (Wildman–Crippen MR) is 178 cm³/mol. The molecule has 2 aromatic carbocycles. The van der Waals surface area contributed by atoms with Crippen LogP contribution in [0.2, 0.25) is 0 Å². The van der Waals surface area contributed by atoms with Gasteiger partial charge in [-0.3, -0.25) is 0 Å². The first-order chi connectivity index (χ1) is 21.6. The van der Waals surface area contributed by atoms with Gasteiger partial charge in [-0.15, -0.1) is 34.0 Å². The number of rotatable bonds is 2. The molecule has 9 heteroatoms. The molecule has 210 valence electrons. The molecule has 0 radical (unpaired) electrons. The molecule has 0 saturated heterocycles. The second-order valence-electron chi connectivity index (χ2n) is 12.0. The van der Waals surface area contributed by atoms with Crippen LogP contribution in [0.4, 0.5) is 0 Å². The van der Waals surface area contributed by atoms with E-state index in [0.717, 1.165) is 20.2 Å². The highest BCUT2D eigenvalue weighted by atomic mass is 32.1. The molecule has 7 rings (SSSR count). The van der Waals surface area contributed by atoms with Crippen molar-refractivity contribution in [2.24, 2.45) is 0 Å². The maximum absolute atomic E-state index is 9.72. The van der Waals surface area contributed by atoms with Crippen LogP contribution in [0.3, 0.4) is 0 Å². The van der Waals surface area contributed by atoms with Crippen LogP contribution in [0, 0.1) is 68.0 Å². The average molecular weight is 631 g/mol. The summed E-state index contributed by atoms with van der Waals surface area (Å²) in [7, 11) is 0. The summed E-state index contributed by atoms with van der Waals surface area (Å²) in [6.45, 7) is 9.11. The maximum atomic E-state index is 9.72. The van der Waals surface area contributed by atoms with Gasteiger partial charge >= 0.3 is 0 Å². The van der Waals surface area contributed by atoms with Crippen LogP contribution >= 0.6 is 34.0 Å². The third-order valence-electron chi connectivity index (χ3n) is 8.95. The molecule has 0 atom stereocenters. The minimum absolute atomic E-state index is 0.0848. The minimum Gasteiger partial charge on any atom is -0.192 e. The zero-order valence-corrected chi connectivity index (χ0v) is 26.8. The van der Waals surface area contributed by atoms with E-state index in [1.165, 1.54) is 41.8 Å². The molecule has 0 aliphatic heterocycles. The zero-order valence-electron chi connectivity index (χ0n) is 24.4. The van der Waals surface area contributed by atoms with Crippen LogP contribution in [-0.2, 0) is 10.8 Å². The van der Waals surface area contributed by atoms with E-state index in [1.807, 2.05) is 84.2 Å². The normalized spacial score (nSPS) is 14.0. The molecule has 6 nitrogen and oxygen atoms in total. The Morgan fingerprint density at radius 1 is 0.489 bits per heavy atom. The van der Waals surface area contributed by atoms with Crippen molar-refractivity contribution in [3.05, 3.63) is 80.9 Å². The van der Waals surface area contributed by atoms with Crippen LogP contribution < -0.4 is 0 Å². The molecule has 5 aromatic rings. The smallest absolute Gasteiger partial charge is 0.148 e.